The van der Waals surface area contributed by atoms with Gasteiger partial charge >= 0.3 is 0 Å². The first kappa shape index (κ1) is 21.6. The topological polar surface area (TPSA) is 63.3 Å². The summed E-state index contributed by atoms with van der Waals surface area (Å²) >= 11 is 1.54. The lowest BCUT2D eigenvalue weighted by Gasteiger charge is -2.37. The second-order valence-corrected chi connectivity index (χ2v) is 8.59. The van der Waals surface area contributed by atoms with Crippen molar-refractivity contribution in [3.8, 4) is 17.2 Å². The van der Waals surface area contributed by atoms with Crippen molar-refractivity contribution in [1.29, 1.82) is 0 Å². The second kappa shape index (κ2) is 9.17. The van der Waals surface area contributed by atoms with Crippen molar-refractivity contribution in [2.75, 3.05) is 47.5 Å². The van der Waals surface area contributed by atoms with E-state index in [-0.39, 0.29) is 11.3 Å². The molecule has 1 N–H and O–H groups in total. The Kier molecular flexibility index (Phi) is 6.85. The summed E-state index contributed by atoms with van der Waals surface area (Å²) < 4.78 is 16.3. The predicted octanol–water partition coefficient (Wildman–Crippen LogP) is 2.83. The fourth-order valence-corrected chi connectivity index (χ4v) is 4.91. The molecule has 1 saturated heterocycles. The van der Waals surface area contributed by atoms with Gasteiger partial charge in [-0.25, -0.2) is 0 Å². The molecule has 0 bridgehead atoms. The number of allylic oxidation sites excluding steroid dienone is 1. The molecule has 2 aliphatic rings. The van der Waals surface area contributed by atoms with Crippen LogP contribution < -0.4 is 19.5 Å². The average Bonchev–Trinajstić information content (AvgIpc) is 3.13. The van der Waals surface area contributed by atoms with Gasteiger partial charge < -0.3 is 24.4 Å². The number of rotatable bonds is 6. The molecule has 0 aromatic heterocycles. The van der Waals surface area contributed by atoms with Crippen LogP contribution in [-0.4, -0.2) is 69.3 Å². The first-order valence-electron chi connectivity index (χ1n) is 9.86. The van der Waals surface area contributed by atoms with E-state index >= 15 is 0 Å². The SMILES string of the molecule is COc1cc(C2NC(C)=C(C(=O)N3CCN(C(C)C)CC3)S2)cc(OC)c1OC. The number of nitrogens with one attached hydrogen (secondary N) is 1. The maximum absolute atomic E-state index is 13.1. The normalized spacial score (nSPS) is 20.1. The third-order valence-corrected chi connectivity index (χ3v) is 6.78. The number of carbonyl (C=O) groups excluding carboxylic acids is 1. The number of hydrogen-bond donors (Lipinski definition) is 1. The highest BCUT2D eigenvalue weighted by Gasteiger charge is 2.33. The molecule has 1 atom stereocenters. The van der Waals surface area contributed by atoms with E-state index in [0.717, 1.165) is 42.3 Å². The van der Waals surface area contributed by atoms with E-state index in [1.165, 1.54) is 0 Å². The van der Waals surface area contributed by atoms with Gasteiger partial charge in [-0.15, -0.1) is 0 Å². The third-order valence-electron chi connectivity index (χ3n) is 5.44. The Hall–Kier alpha value is -2.06. The average molecular weight is 422 g/mol. The first-order valence-corrected chi connectivity index (χ1v) is 10.7. The van der Waals surface area contributed by atoms with Crippen molar-refractivity contribution >= 4 is 17.7 Å². The summed E-state index contributed by atoms with van der Waals surface area (Å²) in [6.07, 6.45) is 0. The lowest BCUT2D eigenvalue weighted by atomic mass is 10.1. The fourth-order valence-electron chi connectivity index (χ4n) is 3.70. The number of hydrogen-bond acceptors (Lipinski definition) is 7. The van der Waals surface area contributed by atoms with Crippen LogP contribution in [0.15, 0.2) is 22.7 Å². The quantitative estimate of drug-likeness (QED) is 0.758. The Bertz CT molecular complexity index is 763. The molecule has 0 spiro atoms. The Balaban J connectivity index is 1.74. The van der Waals surface area contributed by atoms with Crippen LogP contribution in [0.3, 0.4) is 0 Å². The smallest absolute Gasteiger partial charge is 0.262 e. The molecule has 1 aromatic rings. The number of benzene rings is 1. The van der Waals surface area contributed by atoms with Gasteiger partial charge in [-0.2, -0.15) is 0 Å². The minimum absolute atomic E-state index is 0.0837. The highest BCUT2D eigenvalue weighted by atomic mass is 32.2. The van der Waals surface area contributed by atoms with Gasteiger partial charge in [-0.1, -0.05) is 11.8 Å². The molecule has 0 saturated carbocycles. The van der Waals surface area contributed by atoms with Crippen molar-refractivity contribution in [3.63, 3.8) is 0 Å². The van der Waals surface area contributed by atoms with Gasteiger partial charge in [0.25, 0.3) is 5.91 Å². The van der Waals surface area contributed by atoms with Gasteiger partial charge in [0.05, 0.1) is 26.2 Å². The maximum atomic E-state index is 13.1. The van der Waals surface area contributed by atoms with Crippen LogP contribution in [0.4, 0.5) is 0 Å². The molecule has 1 amide bonds. The molecule has 3 rings (SSSR count). The lowest BCUT2D eigenvalue weighted by molar-refractivity contribution is -0.128. The summed E-state index contributed by atoms with van der Waals surface area (Å²) in [5, 5.41) is 3.36. The molecule has 1 unspecified atom stereocenters. The van der Waals surface area contributed by atoms with Gasteiger partial charge in [0.15, 0.2) is 11.5 Å². The number of amides is 1. The monoisotopic (exact) mass is 421 g/mol. The van der Waals surface area contributed by atoms with Crippen LogP contribution in [0.1, 0.15) is 31.7 Å². The van der Waals surface area contributed by atoms with Crippen molar-refractivity contribution in [2.24, 2.45) is 0 Å². The Morgan fingerprint density at radius 2 is 1.66 bits per heavy atom. The highest BCUT2D eigenvalue weighted by molar-refractivity contribution is 8.04. The molecule has 8 heteroatoms. The van der Waals surface area contributed by atoms with E-state index in [1.54, 1.807) is 33.1 Å². The highest BCUT2D eigenvalue weighted by Crippen LogP contribution is 2.46. The van der Waals surface area contributed by atoms with E-state index in [4.69, 9.17) is 14.2 Å². The zero-order chi connectivity index (χ0) is 21.1. The number of piperazine rings is 1. The number of thioether (sulfide) groups is 1. The number of methoxy groups -OCH3 is 3. The van der Waals surface area contributed by atoms with E-state index in [9.17, 15) is 4.79 Å². The van der Waals surface area contributed by atoms with Crippen LogP contribution in [0.2, 0.25) is 0 Å². The van der Waals surface area contributed by atoms with E-state index in [1.807, 2.05) is 24.0 Å². The predicted molar refractivity (Wildman–Crippen MR) is 116 cm³/mol. The van der Waals surface area contributed by atoms with Gasteiger partial charge in [0.2, 0.25) is 5.75 Å². The number of carbonyl (C=O) groups is 1. The molecule has 2 heterocycles. The number of nitrogens with zero attached hydrogens (tertiary/aromatic N) is 2. The van der Waals surface area contributed by atoms with Crippen LogP contribution in [0.25, 0.3) is 0 Å². The first-order chi connectivity index (χ1) is 13.9. The lowest BCUT2D eigenvalue weighted by Crippen LogP contribution is -2.50. The summed E-state index contributed by atoms with van der Waals surface area (Å²) in [6.45, 7) is 9.73. The summed E-state index contributed by atoms with van der Waals surface area (Å²) in [5.41, 5.74) is 1.88. The van der Waals surface area contributed by atoms with Crippen LogP contribution >= 0.6 is 11.8 Å². The third kappa shape index (κ3) is 4.43. The number of ether oxygens (including phenoxy) is 3. The van der Waals surface area contributed by atoms with Gasteiger partial charge in [-0.05, 0) is 38.5 Å². The molecule has 1 aromatic carbocycles. The Morgan fingerprint density at radius 3 is 2.14 bits per heavy atom. The van der Waals surface area contributed by atoms with E-state index < -0.39 is 0 Å². The molecule has 160 valence electrons. The zero-order valence-corrected chi connectivity index (χ0v) is 18.9. The van der Waals surface area contributed by atoms with E-state index in [0.29, 0.717) is 23.3 Å². The Labute approximate surface area is 177 Å². The minimum Gasteiger partial charge on any atom is -0.493 e. The summed E-state index contributed by atoms with van der Waals surface area (Å²) in [4.78, 5) is 18.3. The second-order valence-electron chi connectivity index (χ2n) is 7.48. The van der Waals surface area contributed by atoms with E-state index in [2.05, 4.69) is 24.1 Å². The Morgan fingerprint density at radius 1 is 1.07 bits per heavy atom. The van der Waals surface area contributed by atoms with Gasteiger partial charge in [-0.3, -0.25) is 9.69 Å². The molecular weight excluding hydrogens is 390 g/mol. The molecule has 1 fully saturated rings. The molecular formula is C21H31N3O4S. The van der Waals surface area contributed by atoms with Crippen LogP contribution in [0.5, 0.6) is 17.2 Å². The van der Waals surface area contributed by atoms with Crippen molar-refractivity contribution < 1.29 is 19.0 Å². The molecule has 0 radical (unpaired) electrons. The summed E-state index contributed by atoms with van der Waals surface area (Å²) in [5.74, 6) is 1.88. The summed E-state index contributed by atoms with van der Waals surface area (Å²) in [6, 6.07) is 4.36. The van der Waals surface area contributed by atoms with Crippen molar-refractivity contribution in [2.45, 2.75) is 32.2 Å². The molecule has 29 heavy (non-hydrogen) atoms. The van der Waals surface area contributed by atoms with Gasteiger partial charge in [0, 0.05) is 37.9 Å². The molecule has 7 nitrogen and oxygen atoms in total. The van der Waals surface area contributed by atoms with Crippen molar-refractivity contribution in [1.82, 2.24) is 15.1 Å². The largest absolute Gasteiger partial charge is 0.493 e. The van der Waals surface area contributed by atoms with Gasteiger partial charge in [0.1, 0.15) is 5.37 Å². The maximum Gasteiger partial charge on any atom is 0.262 e. The standard InChI is InChI=1S/C21H31N3O4S/c1-13(2)23-7-9-24(10-8-23)21(25)19-14(3)22-20(29-19)15-11-16(26-4)18(28-6)17(12-15)27-5/h11-13,20,22H,7-10H2,1-6H3. The summed E-state index contributed by atoms with van der Waals surface area (Å²) in [7, 11) is 4.79. The van der Waals surface area contributed by atoms with Crippen LogP contribution in [-0.2, 0) is 4.79 Å². The zero-order valence-electron chi connectivity index (χ0n) is 18.1. The minimum atomic E-state index is -0.0837. The molecule has 2 aliphatic heterocycles. The fraction of sp³-hybridized carbons (Fsp3) is 0.571. The van der Waals surface area contributed by atoms with Crippen molar-refractivity contribution in [3.05, 3.63) is 28.3 Å². The van der Waals surface area contributed by atoms with Crippen LogP contribution in [0, 0.1) is 0 Å². The molecule has 0 aliphatic carbocycles.